The normalized spacial score (nSPS) is 22.0. The standard InChI is InChI=1S/C23H42O4/c1-4-6-7-8-9-11-14-19-16-17-21(24)20(19)15-12-10-13-18-23(3,26)22(25)27-5-2/h19-20,26H,4-18H2,1-3H3/t19-,20+,23?/m0/s1. The van der Waals surface area contributed by atoms with Crippen LogP contribution in [0, 0.1) is 11.8 Å². The zero-order chi connectivity index (χ0) is 20.1. The van der Waals surface area contributed by atoms with Crippen LogP contribution in [0.15, 0.2) is 0 Å². The van der Waals surface area contributed by atoms with E-state index < -0.39 is 11.6 Å². The molecule has 1 unspecified atom stereocenters. The number of hydrogen-bond donors (Lipinski definition) is 1. The number of ketones is 1. The predicted octanol–water partition coefficient (Wildman–Crippen LogP) is 5.60. The van der Waals surface area contributed by atoms with Crippen molar-refractivity contribution in [1.29, 1.82) is 0 Å². The summed E-state index contributed by atoms with van der Waals surface area (Å²) < 4.78 is 4.91. The van der Waals surface area contributed by atoms with Crippen LogP contribution in [0.5, 0.6) is 0 Å². The van der Waals surface area contributed by atoms with Crippen LogP contribution in [0.4, 0.5) is 0 Å². The van der Waals surface area contributed by atoms with E-state index in [1.165, 1.54) is 51.9 Å². The Morgan fingerprint density at radius 3 is 2.37 bits per heavy atom. The third kappa shape index (κ3) is 9.23. The third-order valence-corrected chi connectivity index (χ3v) is 6.07. The molecule has 1 saturated carbocycles. The van der Waals surface area contributed by atoms with Crippen molar-refractivity contribution in [3.63, 3.8) is 0 Å². The Labute approximate surface area is 166 Å². The topological polar surface area (TPSA) is 63.6 Å². The zero-order valence-corrected chi connectivity index (χ0v) is 17.9. The first-order valence-electron chi connectivity index (χ1n) is 11.3. The molecule has 1 fully saturated rings. The number of aliphatic hydroxyl groups is 1. The Morgan fingerprint density at radius 1 is 1.04 bits per heavy atom. The van der Waals surface area contributed by atoms with Crippen molar-refractivity contribution in [2.75, 3.05) is 6.61 Å². The van der Waals surface area contributed by atoms with Gasteiger partial charge in [0.15, 0.2) is 5.60 Å². The van der Waals surface area contributed by atoms with Gasteiger partial charge in [-0.1, -0.05) is 58.3 Å². The second kappa shape index (κ2) is 13.3. The summed E-state index contributed by atoms with van der Waals surface area (Å²) >= 11 is 0. The molecule has 0 spiro atoms. The molecule has 0 bridgehead atoms. The average molecular weight is 383 g/mol. The lowest BCUT2D eigenvalue weighted by Crippen LogP contribution is -2.36. The van der Waals surface area contributed by atoms with Gasteiger partial charge in [-0.05, 0) is 51.9 Å². The molecule has 1 N–H and O–H groups in total. The summed E-state index contributed by atoms with van der Waals surface area (Å²) in [5.74, 6) is 0.775. The smallest absolute Gasteiger partial charge is 0.337 e. The number of Topliss-reactive ketones (excluding diaryl/α,β-unsaturated/α-hetero) is 1. The summed E-state index contributed by atoms with van der Waals surface area (Å²) in [7, 11) is 0. The minimum Gasteiger partial charge on any atom is -0.464 e. The van der Waals surface area contributed by atoms with Gasteiger partial charge in [0.2, 0.25) is 0 Å². The molecule has 1 rings (SSSR count). The van der Waals surface area contributed by atoms with E-state index in [1.807, 2.05) is 0 Å². The van der Waals surface area contributed by atoms with Gasteiger partial charge in [-0.2, -0.15) is 0 Å². The monoisotopic (exact) mass is 382 g/mol. The van der Waals surface area contributed by atoms with Crippen LogP contribution >= 0.6 is 0 Å². The Kier molecular flexibility index (Phi) is 11.9. The van der Waals surface area contributed by atoms with Gasteiger partial charge in [-0.25, -0.2) is 4.79 Å². The maximum atomic E-state index is 12.2. The van der Waals surface area contributed by atoms with Gasteiger partial charge >= 0.3 is 5.97 Å². The van der Waals surface area contributed by atoms with Crippen molar-refractivity contribution < 1.29 is 19.4 Å². The van der Waals surface area contributed by atoms with Crippen molar-refractivity contribution in [2.45, 2.75) is 116 Å². The first kappa shape index (κ1) is 24.1. The van der Waals surface area contributed by atoms with E-state index in [4.69, 9.17) is 4.74 Å². The van der Waals surface area contributed by atoms with Gasteiger partial charge in [0, 0.05) is 12.3 Å². The van der Waals surface area contributed by atoms with Crippen LogP contribution in [-0.2, 0) is 14.3 Å². The van der Waals surface area contributed by atoms with E-state index in [9.17, 15) is 14.7 Å². The van der Waals surface area contributed by atoms with E-state index in [1.54, 1.807) is 6.92 Å². The number of esters is 1. The number of ether oxygens (including phenoxy) is 1. The highest BCUT2D eigenvalue weighted by Crippen LogP contribution is 2.36. The molecule has 27 heavy (non-hydrogen) atoms. The molecule has 0 radical (unpaired) electrons. The van der Waals surface area contributed by atoms with Crippen molar-refractivity contribution in [2.24, 2.45) is 11.8 Å². The van der Waals surface area contributed by atoms with E-state index in [0.717, 1.165) is 38.5 Å². The third-order valence-electron chi connectivity index (χ3n) is 6.07. The van der Waals surface area contributed by atoms with Crippen LogP contribution in [0.25, 0.3) is 0 Å². The molecule has 0 aromatic rings. The van der Waals surface area contributed by atoms with Crippen molar-refractivity contribution >= 4 is 11.8 Å². The lowest BCUT2D eigenvalue weighted by Gasteiger charge is -2.21. The van der Waals surface area contributed by atoms with Crippen LogP contribution in [-0.4, -0.2) is 29.1 Å². The van der Waals surface area contributed by atoms with E-state index in [0.29, 0.717) is 24.7 Å². The number of carbonyl (C=O) groups excluding carboxylic acids is 2. The molecule has 3 atom stereocenters. The highest BCUT2D eigenvalue weighted by Gasteiger charge is 2.34. The molecule has 0 amide bonds. The maximum Gasteiger partial charge on any atom is 0.337 e. The number of rotatable bonds is 15. The van der Waals surface area contributed by atoms with Gasteiger partial charge in [0.25, 0.3) is 0 Å². The molecule has 0 heterocycles. The fraction of sp³-hybridized carbons (Fsp3) is 0.913. The molecule has 1 aliphatic carbocycles. The molecule has 0 aromatic heterocycles. The summed E-state index contributed by atoms with van der Waals surface area (Å²) in [5, 5.41) is 10.2. The quantitative estimate of drug-likeness (QED) is 0.296. The highest BCUT2D eigenvalue weighted by atomic mass is 16.5. The lowest BCUT2D eigenvalue weighted by molar-refractivity contribution is -0.163. The number of unbranched alkanes of at least 4 members (excludes halogenated alkanes) is 7. The van der Waals surface area contributed by atoms with Gasteiger partial charge in [-0.3, -0.25) is 4.79 Å². The first-order valence-corrected chi connectivity index (χ1v) is 11.3. The van der Waals surface area contributed by atoms with Crippen LogP contribution in [0.3, 0.4) is 0 Å². The van der Waals surface area contributed by atoms with E-state index >= 15 is 0 Å². The predicted molar refractivity (Wildman–Crippen MR) is 110 cm³/mol. The van der Waals surface area contributed by atoms with Crippen molar-refractivity contribution in [3.05, 3.63) is 0 Å². The van der Waals surface area contributed by atoms with Gasteiger partial charge in [0.1, 0.15) is 5.78 Å². The molecule has 158 valence electrons. The Morgan fingerprint density at radius 2 is 1.67 bits per heavy atom. The first-order chi connectivity index (χ1) is 12.9. The molecule has 0 saturated heterocycles. The molecule has 4 heteroatoms. The Hall–Kier alpha value is -0.900. The van der Waals surface area contributed by atoms with Gasteiger partial charge < -0.3 is 9.84 Å². The fourth-order valence-electron chi connectivity index (χ4n) is 4.31. The second-order valence-corrected chi connectivity index (χ2v) is 8.52. The SMILES string of the molecule is CCCCCCCC[C@H]1CCC(=O)[C@@H]1CCCCCC(C)(O)C(=O)OCC. The Bertz CT molecular complexity index is 430. The van der Waals surface area contributed by atoms with Crippen LogP contribution < -0.4 is 0 Å². The van der Waals surface area contributed by atoms with Crippen molar-refractivity contribution in [1.82, 2.24) is 0 Å². The summed E-state index contributed by atoms with van der Waals surface area (Å²) in [5.41, 5.74) is -1.39. The van der Waals surface area contributed by atoms with Crippen LogP contribution in [0.1, 0.15) is 111 Å². The summed E-state index contributed by atoms with van der Waals surface area (Å²) in [6.07, 6.45) is 15.1. The molecular formula is C23H42O4. The molecule has 0 aromatic carbocycles. The fourth-order valence-corrected chi connectivity index (χ4v) is 4.31. The molecule has 1 aliphatic rings. The summed E-state index contributed by atoms with van der Waals surface area (Å²) in [4.78, 5) is 23.9. The zero-order valence-electron chi connectivity index (χ0n) is 17.9. The maximum absolute atomic E-state index is 12.2. The summed E-state index contributed by atoms with van der Waals surface area (Å²) in [6, 6.07) is 0. The van der Waals surface area contributed by atoms with Crippen LogP contribution in [0.2, 0.25) is 0 Å². The molecule has 0 aliphatic heterocycles. The van der Waals surface area contributed by atoms with E-state index in [2.05, 4.69) is 6.92 Å². The van der Waals surface area contributed by atoms with E-state index in [-0.39, 0.29) is 5.92 Å². The Balaban J connectivity index is 2.21. The lowest BCUT2D eigenvalue weighted by atomic mass is 9.86. The average Bonchev–Trinajstić information content (AvgIpc) is 2.98. The van der Waals surface area contributed by atoms with Gasteiger partial charge in [-0.15, -0.1) is 0 Å². The molecular weight excluding hydrogens is 340 g/mol. The number of carbonyl (C=O) groups is 2. The van der Waals surface area contributed by atoms with Gasteiger partial charge in [0.05, 0.1) is 6.61 Å². The van der Waals surface area contributed by atoms with Crippen molar-refractivity contribution in [3.8, 4) is 0 Å². The highest BCUT2D eigenvalue weighted by molar-refractivity contribution is 5.83. The molecule has 4 nitrogen and oxygen atoms in total. The largest absolute Gasteiger partial charge is 0.464 e. The summed E-state index contributed by atoms with van der Waals surface area (Å²) in [6.45, 7) is 5.81. The number of hydrogen-bond acceptors (Lipinski definition) is 4. The second-order valence-electron chi connectivity index (χ2n) is 8.52. The minimum absolute atomic E-state index is 0.256. The minimum atomic E-state index is -1.39.